The summed E-state index contributed by atoms with van der Waals surface area (Å²) in [7, 11) is 0. The van der Waals surface area contributed by atoms with E-state index in [4.69, 9.17) is 8.83 Å². The molecule has 0 atom stereocenters. The first-order chi connectivity index (χ1) is 25.3. The Morgan fingerprint density at radius 1 is 0.451 bits per heavy atom. The van der Waals surface area contributed by atoms with Crippen molar-refractivity contribution in [3.05, 3.63) is 164 Å². The number of benzene rings is 7. The monoisotopic (exact) mass is 653 g/mol. The minimum absolute atomic E-state index is 0.840. The average molecular weight is 654 g/mol. The molecule has 11 rings (SSSR count). The van der Waals surface area contributed by atoms with Crippen molar-refractivity contribution in [1.29, 1.82) is 0 Å². The molecule has 0 amide bonds. The van der Waals surface area contributed by atoms with E-state index >= 15 is 0 Å². The Balaban J connectivity index is 1.23. The van der Waals surface area contributed by atoms with Gasteiger partial charge in [0.2, 0.25) is 0 Å². The molecule has 0 unspecified atom stereocenters. The highest BCUT2D eigenvalue weighted by molar-refractivity contribution is 6.30. The summed E-state index contributed by atoms with van der Waals surface area (Å²) in [5, 5.41) is 6.93. The largest absolute Gasteiger partial charge is 0.455 e. The number of nitrogens with zero attached hydrogens (tertiary/aromatic N) is 1. The third-order valence-electron chi connectivity index (χ3n) is 10.6. The molecule has 0 radical (unpaired) electrons. The van der Waals surface area contributed by atoms with Crippen molar-refractivity contribution >= 4 is 71.4 Å². The fourth-order valence-electron chi connectivity index (χ4n) is 8.40. The summed E-state index contributed by atoms with van der Waals surface area (Å²) in [6, 6.07) is 51.9. The fraction of sp³-hybridized carbons (Fsp3) is 0.0417. The second kappa shape index (κ2) is 11.0. The van der Waals surface area contributed by atoms with Gasteiger partial charge in [-0.15, -0.1) is 0 Å². The molecule has 3 heteroatoms. The van der Waals surface area contributed by atoms with Crippen molar-refractivity contribution in [3.63, 3.8) is 0 Å². The standard InChI is InChI=1S/C48H31NO2/c1-4-14-30(15-5-1)43-45-36-21-11-13-23-41(36)50-47(45)44(31-16-6-2-7-17-31)48-46(43)38-29-33(25-27-42(38)51-48)32-24-26-40-37(28-32)35-20-10-12-22-39(35)49(40)34-18-8-3-9-19-34/h1-8,10-18,20-29H,9,19H2. The van der Waals surface area contributed by atoms with E-state index in [-0.39, 0.29) is 0 Å². The van der Waals surface area contributed by atoms with Crippen molar-refractivity contribution in [2.24, 2.45) is 0 Å². The molecule has 240 valence electrons. The van der Waals surface area contributed by atoms with Gasteiger partial charge in [0.05, 0.1) is 16.6 Å². The van der Waals surface area contributed by atoms with Crippen molar-refractivity contribution in [1.82, 2.24) is 4.57 Å². The zero-order valence-electron chi connectivity index (χ0n) is 27.8. The molecule has 0 aliphatic heterocycles. The lowest BCUT2D eigenvalue weighted by atomic mass is 9.89. The molecular formula is C48H31NO2. The molecule has 10 aromatic rings. The van der Waals surface area contributed by atoms with Crippen LogP contribution in [0.15, 0.2) is 173 Å². The van der Waals surface area contributed by atoms with Gasteiger partial charge >= 0.3 is 0 Å². The van der Waals surface area contributed by atoms with E-state index in [1.54, 1.807) is 0 Å². The fourth-order valence-corrected chi connectivity index (χ4v) is 8.40. The van der Waals surface area contributed by atoms with Crippen LogP contribution in [-0.4, -0.2) is 4.57 Å². The predicted molar refractivity (Wildman–Crippen MR) is 213 cm³/mol. The zero-order chi connectivity index (χ0) is 33.5. The zero-order valence-corrected chi connectivity index (χ0v) is 27.8. The molecule has 51 heavy (non-hydrogen) atoms. The summed E-state index contributed by atoms with van der Waals surface area (Å²) in [5.41, 5.74) is 13.9. The predicted octanol–water partition coefficient (Wildman–Crippen LogP) is 13.8. The maximum Gasteiger partial charge on any atom is 0.147 e. The summed E-state index contributed by atoms with van der Waals surface area (Å²) in [6.45, 7) is 0. The Kier molecular flexibility index (Phi) is 6.08. The summed E-state index contributed by atoms with van der Waals surface area (Å²) in [4.78, 5) is 0. The molecule has 3 aromatic heterocycles. The molecule has 0 fully saturated rings. The number of fused-ring (bicyclic) bond motifs is 9. The number of rotatable bonds is 4. The van der Waals surface area contributed by atoms with Crippen LogP contribution in [0.25, 0.3) is 105 Å². The number of aromatic nitrogens is 1. The van der Waals surface area contributed by atoms with Crippen LogP contribution in [0.1, 0.15) is 12.8 Å². The number of furan rings is 2. The maximum absolute atomic E-state index is 6.92. The van der Waals surface area contributed by atoms with Crippen LogP contribution in [0.5, 0.6) is 0 Å². The van der Waals surface area contributed by atoms with Gasteiger partial charge in [-0.25, -0.2) is 0 Å². The first kappa shape index (κ1) is 28.3. The SMILES string of the molecule is C1=CCCC(n2c3ccccc3c3cc(-c4ccc5oc6c(-c7ccccc7)c7oc8ccccc8c7c(-c7ccccc7)c6c5c4)ccc32)=C1. The Morgan fingerprint density at radius 3 is 1.78 bits per heavy atom. The van der Waals surface area contributed by atoms with E-state index in [1.807, 2.05) is 6.07 Å². The van der Waals surface area contributed by atoms with E-state index in [2.05, 4.69) is 162 Å². The van der Waals surface area contributed by atoms with Crippen molar-refractivity contribution in [3.8, 4) is 33.4 Å². The molecule has 1 aliphatic carbocycles. The number of hydrogen-bond acceptors (Lipinski definition) is 2. The van der Waals surface area contributed by atoms with Gasteiger partial charge in [0.15, 0.2) is 0 Å². The summed E-state index contributed by atoms with van der Waals surface area (Å²) in [6.07, 6.45) is 8.79. The molecule has 1 aliphatic rings. The molecular weight excluding hydrogens is 623 g/mol. The number of allylic oxidation sites excluding steroid dienone is 4. The lowest BCUT2D eigenvalue weighted by Crippen LogP contribution is -1.98. The molecule has 0 saturated carbocycles. The minimum atomic E-state index is 0.840. The van der Waals surface area contributed by atoms with Gasteiger partial charge < -0.3 is 13.4 Å². The maximum atomic E-state index is 6.92. The molecule has 0 saturated heterocycles. The lowest BCUT2D eigenvalue weighted by Gasteiger charge is -2.14. The minimum Gasteiger partial charge on any atom is -0.455 e. The highest BCUT2D eigenvalue weighted by Gasteiger charge is 2.26. The van der Waals surface area contributed by atoms with Gasteiger partial charge in [0.25, 0.3) is 0 Å². The van der Waals surface area contributed by atoms with Gasteiger partial charge in [-0.05, 0) is 77.6 Å². The van der Waals surface area contributed by atoms with Gasteiger partial charge in [-0.2, -0.15) is 0 Å². The second-order valence-corrected chi connectivity index (χ2v) is 13.5. The quantitative estimate of drug-likeness (QED) is 0.189. The van der Waals surface area contributed by atoms with Crippen LogP contribution in [0.3, 0.4) is 0 Å². The van der Waals surface area contributed by atoms with E-state index in [0.29, 0.717) is 0 Å². The van der Waals surface area contributed by atoms with Crippen molar-refractivity contribution < 1.29 is 8.83 Å². The van der Waals surface area contributed by atoms with Crippen LogP contribution in [0, 0.1) is 0 Å². The Hall–Kier alpha value is -6.58. The Bertz CT molecular complexity index is 3060. The molecule has 0 spiro atoms. The molecule has 3 nitrogen and oxygen atoms in total. The van der Waals surface area contributed by atoms with Gasteiger partial charge in [0, 0.05) is 43.6 Å². The van der Waals surface area contributed by atoms with E-state index in [1.165, 1.54) is 33.1 Å². The Morgan fingerprint density at radius 2 is 1.04 bits per heavy atom. The lowest BCUT2D eigenvalue weighted by molar-refractivity contribution is 0.658. The number of hydrogen-bond donors (Lipinski definition) is 0. The summed E-state index contributed by atoms with van der Waals surface area (Å²) < 4.78 is 16.1. The average Bonchev–Trinajstić information content (AvgIpc) is 3.87. The van der Waals surface area contributed by atoms with Gasteiger partial charge in [0.1, 0.15) is 22.3 Å². The number of para-hydroxylation sites is 2. The van der Waals surface area contributed by atoms with Gasteiger partial charge in [-0.1, -0.05) is 121 Å². The third kappa shape index (κ3) is 4.18. The van der Waals surface area contributed by atoms with Crippen LogP contribution in [0.2, 0.25) is 0 Å². The van der Waals surface area contributed by atoms with Crippen molar-refractivity contribution in [2.45, 2.75) is 12.8 Å². The highest BCUT2D eigenvalue weighted by Crippen LogP contribution is 2.51. The smallest absolute Gasteiger partial charge is 0.147 e. The van der Waals surface area contributed by atoms with Crippen LogP contribution >= 0.6 is 0 Å². The summed E-state index contributed by atoms with van der Waals surface area (Å²) in [5.74, 6) is 0. The third-order valence-corrected chi connectivity index (χ3v) is 10.6. The molecule has 0 bridgehead atoms. The topological polar surface area (TPSA) is 31.2 Å². The summed E-state index contributed by atoms with van der Waals surface area (Å²) >= 11 is 0. The van der Waals surface area contributed by atoms with Crippen LogP contribution in [0.4, 0.5) is 0 Å². The van der Waals surface area contributed by atoms with Crippen LogP contribution < -0.4 is 0 Å². The molecule has 0 N–H and O–H groups in total. The van der Waals surface area contributed by atoms with Gasteiger partial charge in [-0.3, -0.25) is 0 Å². The normalized spacial score (nSPS) is 13.4. The second-order valence-electron chi connectivity index (χ2n) is 13.5. The Labute approximate surface area is 294 Å². The first-order valence-corrected chi connectivity index (χ1v) is 17.7. The van der Waals surface area contributed by atoms with E-state index in [9.17, 15) is 0 Å². The van der Waals surface area contributed by atoms with Crippen LogP contribution in [-0.2, 0) is 0 Å². The molecule has 7 aromatic carbocycles. The van der Waals surface area contributed by atoms with E-state index in [0.717, 1.165) is 84.5 Å². The van der Waals surface area contributed by atoms with E-state index < -0.39 is 0 Å². The molecule has 3 heterocycles. The first-order valence-electron chi connectivity index (χ1n) is 17.7. The van der Waals surface area contributed by atoms with Crippen molar-refractivity contribution in [2.75, 3.05) is 0 Å². The highest BCUT2D eigenvalue weighted by atomic mass is 16.3.